The van der Waals surface area contributed by atoms with E-state index in [4.69, 9.17) is 0 Å². The third kappa shape index (κ3) is 1.91. The topological polar surface area (TPSA) is 37.3 Å². The van der Waals surface area contributed by atoms with Crippen molar-refractivity contribution in [1.82, 2.24) is 0 Å². The van der Waals surface area contributed by atoms with Crippen molar-refractivity contribution >= 4 is 5.78 Å². The van der Waals surface area contributed by atoms with Crippen LogP contribution in [0, 0.1) is 35.0 Å². The fraction of sp³-hybridized carbons (Fsp3) is 0.842. The van der Waals surface area contributed by atoms with Gasteiger partial charge in [0.05, 0.1) is 6.10 Å². The maximum absolute atomic E-state index is 11.7. The molecule has 3 fully saturated rings. The number of carbonyl (C=O) groups excluding carboxylic acids is 1. The van der Waals surface area contributed by atoms with E-state index in [2.05, 4.69) is 13.8 Å². The van der Waals surface area contributed by atoms with Gasteiger partial charge in [-0.05, 0) is 79.6 Å². The molecule has 0 radical (unpaired) electrons. The van der Waals surface area contributed by atoms with Crippen LogP contribution < -0.4 is 0 Å². The van der Waals surface area contributed by atoms with Crippen LogP contribution in [0.1, 0.15) is 58.8 Å². The molecule has 0 amide bonds. The highest BCUT2D eigenvalue weighted by atomic mass is 16.3. The molecule has 4 rings (SSSR count). The number of fused-ring (bicyclic) bond motifs is 5. The molecule has 21 heavy (non-hydrogen) atoms. The Bertz CT molecular complexity index is 494. The monoisotopic (exact) mass is 288 g/mol. The van der Waals surface area contributed by atoms with Crippen LogP contribution >= 0.6 is 0 Å². The number of aliphatic hydroxyl groups excluding tert-OH is 1. The highest BCUT2D eigenvalue weighted by Gasteiger charge is 2.58. The van der Waals surface area contributed by atoms with Crippen molar-refractivity contribution in [2.24, 2.45) is 35.0 Å². The Morgan fingerprint density at radius 1 is 1.19 bits per heavy atom. The van der Waals surface area contributed by atoms with Crippen LogP contribution in [0.2, 0.25) is 0 Å². The van der Waals surface area contributed by atoms with Crippen molar-refractivity contribution in [2.75, 3.05) is 0 Å². The van der Waals surface area contributed by atoms with Crippen molar-refractivity contribution in [2.45, 2.75) is 64.9 Å². The average Bonchev–Trinajstić information content (AvgIpc) is 2.74. The summed E-state index contributed by atoms with van der Waals surface area (Å²) in [6.07, 6.45) is 9.52. The van der Waals surface area contributed by atoms with E-state index in [-0.39, 0.29) is 11.5 Å². The van der Waals surface area contributed by atoms with E-state index in [1.54, 1.807) is 0 Å². The van der Waals surface area contributed by atoms with E-state index >= 15 is 0 Å². The number of allylic oxidation sites excluding steroid dienone is 1. The molecule has 0 saturated heterocycles. The van der Waals surface area contributed by atoms with Crippen molar-refractivity contribution in [1.29, 1.82) is 0 Å². The summed E-state index contributed by atoms with van der Waals surface area (Å²) in [7, 11) is 0. The maximum Gasteiger partial charge on any atom is 0.155 e. The van der Waals surface area contributed by atoms with Gasteiger partial charge >= 0.3 is 0 Å². The Kier molecular flexibility index (Phi) is 3.12. The summed E-state index contributed by atoms with van der Waals surface area (Å²) >= 11 is 0. The minimum Gasteiger partial charge on any atom is -0.393 e. The molecular formula is C19H28O2. The number of rotatable bonds is 0. The SMILES string of the molecule is CC1CC2(C)C(O)CCC2C2CCC3=CC(=O)CCC3C12. The molecule has 0 heterocycles. The van der Waals surface area contributed by atoms with E-state index in [1.165, 1.54) is 24.8 Å². The first-order valence-electron chi connectivity index (χ1n) is 8.92. The molecule has 2 heteroatoms. The molecule has 7 atom stereocenters. The van der Waals surface area contributed by atoms with Crippen LogP contribution in [0.3, 0.4) is 0 Å². The molecule has 0 spiro atoms. The predicted molar refractivity (Wildman–Crippen MR) is 82.6 cm³/mol. The minimum atomic E-state index is -0.0872. The van der Waals surface area contributed by atoms with Crippen LogP contribution in [-0.2, 0) is 4.79 Å². The average molecular weight is 288 g/mol. The van der Waals surface area contributed by atoms with Crippen LogP contribution in [0.25, 0.3) is 0 Å². The van der Waals surface area contributed by atoms with Gasteiger partial charge in [-0.25, -0.2) is 0 Å². The molecular weight excluding hydrogens is 260 g/mol. The van der Waals surface area contributed by atoms with Crippen molar-refractivity contribution in [3.05, 3.63) is 11.6 Å². The van der Waals surface area contributed by atoms with E-state index in [1.807, 2.05) is 6.08 Å². The standard InChI is InChI=1S/C19H28O2/c1-11-10-19(2)16(7-8-17(19)21)15-5-3-12-9-13(20)4-6-14(12)18(11)15/h9,11,14-18,21H,3-8,10H2,1-2H3. The second-order valence-electron chi connectivity index (χ2n) is 8.50. The second-order valence-corrected chi connectivity index (χ2v) is 8.50. The first kappa shape index (κ1) is 14.0. The lowest BCUT2D eigenvalue weighted by molar-refractivity contribution is -0.117. The van der Waals surface area contributed by atoms with E-state index < -0.39 is 0 Å². The third-order valence-corrected chi connectivity index (χ3v) is 7.54. The lowest BCUT2D eigenvalue weighted by atomic mass is 9.49. The molecule has 7 unspecified atom stereocenters. The van der Waals surface area contributed by atoms with Gasteiger partial charge in [-0.2, -0.15) is 0 Å². The molecule has 0 aromatic carbocycles. The van der Waals surface area contributed by atoms with Crippen LogP contribution in [0.5, 0.6) is 0 Å². The van der Waals surface area contributed by atoms with Crippen molar-refractivity contribution < 1.29 is 9.90 Å². The summed E-state index contributed by atoms with van der Waals surface area (Å²) in [6, 6.07) is 0. The summed E-state index contributed by atoms with van der Waals surface area (Å²) in [5.41, 5.74) is 1.62. The maximum atomic E-state index is 11.7. The smallest absolute Gasteiger partial charge is 0.155 e. The minimum absolute atomic E-state index is 0.0872. The molecule has 0 aliphatic heterocycles. The highest BCUT2D eigenvalue weighted by molar-refractivity contribution is 5.91. The van der Waals surface area contributed by atoms with E-state index in [0.717, 1.165) is 37.5 Å². The largest absolute Gasteiger partial charge is 0.393 e. The zero-order valence-electron chi connectivity index (χ0n) is 13.3. The zero-order valence-corrected chi connectivity index (χ0v) is 13.3. The zero-order chi connectivity index (χ0) is 14.8. The summed E-state index contributed by atoms with van der Waals surface area (Å²) in [4.78, 5) is 11.7. The fourth-order valence-corrected chi connectivity index (χ4v) is 6.74. The lowest BCUT2D eigenvalue weighted by Crippen LogP contribution is -2.51. The van der Waals surface area contributed by atoms with Gasteiger partial charge < -0.3 is 5.11 Å². The van der Waals surface area contributed by atoms with Crippen molar-refractivity contribution in [3.8, 4) is 0 Å². The quantitative estimate of drug-likeness (QED) is 0.737. The molecule has 0 aromatic heterocycles. The number of carbonyl (C=O) groups is 1. The van der Waals surface area contributed by atoms with E-state index in [0.29, 0.717) is 23.5 Å². The van der Waals surface area contributed by atoms with E-state index in [9.17, 15) is 9.90 Å². The molecule has 1 N–H and O–H groups in total. The van der Waals surface area contributed by atoms with Gasteiger partial charge in [0, 0.05) is 6.42 Å². The van der Waals surface area contributed by atoms with Crippen LogP contribution in [0.15, 0.2) is 11.6 Å². The summed E-state index contributed by atoms with van der Waals surface area (Å²) in [5.74, 6) is 3.97. The third-order valence-electron chi connectivity index (χ3n) is 7.54. The van der Waals surface area contributed by atoms with Gasteiger partial charge in [0.25, 0.3) is 0 Å². The number of hydrogen-bond donors (Lipinski definition) is 1. The molecule has 0 aromatic rings. The summed E-state index contributed by atoms with van der Waals surface area (Å²) < 4.78 is 0. The summed E-state index contributed by atoms with van der Waals surface area (Å²) in [6.45, 7) is 4.75. The first-order valence-corrected chi connectivity index (χ1v) is 8.92. The number of ketones is 1. The second kappa shape index (κ2) is 4.68. The Morgan fingerprint density at radius 2 is 2.00 bits per heavy atom. The molecule has 3 saturated carbocycles. The molecule has 2 nitrogen and oxygen atoms in total. The predicted octanol–water partition coefficient (Wildman–Crippen LogP) is 3.74. The van der Waals surface area contributed by atoms with Gasteiger partial charge in [0.2, 0.25) is 0 Å². The van der Waals surface area contributed by atoms with Gasteiger partial charge in [0.15, 0.2) is 5.78 Å². The lowest BCUT2D eigenvalue weighted by Gasteiger charge is -2.56. The van der Waals surface area contributed by atoms with Crippen molar-refractivity contribution in [3.63, 3.8) is 0 Å². The Hall–Kier alpha value is -0.630. The normalized spacial score (nSPS) is 52.7. The fourth-order valence-electron chi connectivity index (χ4n) is 6.74. The van der Waals surface area contributed by atoms with Gasteiger partial charge in [0.1, 0.15) is 0 Å². The molecule has 116 valence electrons. The highest BCUT2D eigenvalue weighted by Crippen LogP contribution is 2.63. The Labute approximate surface area is 128 Å². The molecule has 0 bridgehead atoms. The molecule has 4 aliphatic carbocycles. The Balaban J connectivity index is 1.68. The number of aliphatic hydroxyl groups is 1. The van der Waals surface area contributed by atoms with Gasteiger partial charge in [-0.3, -0.25) is 4.79 Å². The summed E-state index contributed by atoms with van der Waals surface area (Å²) in [5, 5.41) is 10.5. The first-order chi connectivity index (χ1) is 10.0. The van der Waals surface area contributed by atoms with Gasteiger partial charge in [-0.1, -0.05) is 19.4 Å². The van der Waals surface area contributed by atoms with Crippen LogP contribution in [-0.4, -0.2) is 17.0 Å². The van der Waals surface area contributed by atoms with Gasteiger partial charge in [-0.15, -0.1) is 0 Å². The Morgan fingerprint density at radius 3 is 2.81 bits per heavy atom. The van der Waals surface area contributed by atoms with Crippen LogP contribution in [0.4, 0.5) is 0 Å². The molecule has 4 aliphatic rings. The number of hydrogen-bond acceptors (Lipinski definition) is 2.